The Balaban J connectivity index is 1.92. The number of benzene rings is 1. The van der Waals surface area contributed by atoms with E-state index in [0.29, 0.717) is 11.1 Å². The van der Waals surface area contributed by atoms with Crippen LogP contribution in [-0.4, -0.2) is 11.4 Å². The molecule has 2 atom stereocenters. The number of hydrogen-bond acceptors (Lipinski definition) is 4. The third kappa shape index (κ3) is 1.45. The molecule has 0 amide bonds. The van der Waals surface area contributed by atoms with Crippen LogP contribution in [-0.2, 0) is 4.74 Å². The molecule has 4 heteroatoms. The van der Waals surface area contributed by atoms with Gasteiger partial charge in [-0.1, -0.05) is 30.3 Å². The number of nitrogens with zero attached hydrogens (tertiary/aromatic N) is 1. The van der Waals surface area contributed by atoms with Crippen LogP contribution < -0.4 is 0 Å². The third-order valence-corrected chi connectivity index (χ3v) is 3.00. The number of nitriles is 1. The number of hydrogen-bond donors (Lipinski definition) is 0. The zero-order valence-electron chi connectivity index (χ0n) is 9.37. The van der Waals surface area contributed by atoms with Crippen LogP contribution >= 0.6 is 0 Å². The van der Waals surface area contributed by atoms with Crippen LogP contribution in [0.4, 0.5) is 0 Å². The summed E-state index contributed by atoms with van der Waals surface area (Å²) in [7, 11) is 0. The summed E-state index contributed by atoms with van der Waals surface area (Å²) < 4.78 is 10.3. The summed E-state index contributed by atoms with van der Waals surface area (Å²) in [6.45, 7) is 0. The number of Topliss-reactive ketones (excluding diaryl/α,β-unsaturated/α-hetero) is 1. The molecule has 2 aromatic rings. The minimum Gasteiger partial charge on any atom is -0.472 e. The van der Waals surface area contributed by atoms with Gasteiger partial charge in [-0.2, -0.15) is 5.26 Å². The monoisotopic (exact) mass is 239 g/mol. The zero-order chi connectivity index (χ0) is 12.6. The van der Waals surface area contributed by atoms with E-state index in [-0.39, 0.29) is 5.78 Å². The van der Waals surface area contributed by atoms with Gasteiger partial charge in [0, 0.05) is 11.1 Å². The van der Waals surface area contributed by atoms with Gasteiger partial charge in [-0.3, -0.25) is 4.79 Å². The highest BCUT2D eigenvalue weighted by atomic mass is 16.6. The quantitative estimate of drug-likeness (QED) is 0.609. The highest BCUT2D eigenvalue weighted by molar-refractivity contribution is 6.07. The first-order valence-corrected chi connectivity index (χ1v) is 5.49. The Labute approximate surface area is 103 Å². The normalized spacial score (nSPS) is 25.4. The maximum Gasteiger partial charge on any atom is 0.248 e. The summed E-state index contributed by atoms with van der Waals surface area (Å²) >= 11 is 0. The molecule has 0 aliphatic carbocycles. The summed E-state index contributed by atoms with van der Waals surface area (Å²) in [6.07, 6.45) is 2.45. The summed E-state index contributed by atoms with van der Waals surface area (Å²) in [5, 5.41) is 9.23. The second kappa shape index (κ2) is 3.83. The molecular formula is C14H9NO3. The number of rotatable bonds is 3. The molecule has 1 aliphatic rings. The molecule has 4 nitrogen and oxygen atoms in total. The summed E-state index contributed by atoms with van der Waals surface area (Å²) in [6, 6.07) is 12.4. The second-order valence-corrected chi connectivity index (χ2v) is 4.10. The molecule has 1 aliphatic heterocycles. The van der Waals surface area contributed by atoms with E-state index in [1.807, 2.05) is 12.1 Å². The molecule has 0 radical (unpaired) electrons. The smallest absolute Gasteiger partial charge is 0.248 e. The van der Waals surface area contributed by atoms with E-state index in [9.17, 15) is 10.1 Å². The fourth-order valence-corrected chi connectivity index (χ4v) is 1.99. The van der Waals surface area contributed by atoms with Gasteiger partial charge in [0.2, 0.25) is 11.4 Å². The molecule has 88 valence electrons. The predicted molar refractivity (Wildman–Crippen MR) is 61.7 cm³/mol. The minimum atomic E-state index is -1.40. The van der Waals surface area contributed by atoms with Crippen LogP contribution in [0.5, 0.6) is 0 Å². The first-order chi connectivity index (χ1) is 8.78. The van der Waals surface area contributed by atoms with E-state index in [0.717, 1.165) is 0 Å². The molecule has 2 heterocycles. The molecule has 0 N–H and O–H groups in total. The van der Waals surface area contributed by atoms with Gasteiger partial charge in [0.15, 0.2) is 0 Å². The van der Waals surface area contributed by atoms with Crippen LogP contribution in [0.25, 0.3) is 0 Å². The van der Waals surface area contributed by atoms with Crippen molar-refractivity contribution in [2.45, 2.75) is 11.7 Å². The standard InChI is InChI=1S/C14H9NO3/c15-9-14(12(16)10-4-2-1-3-5-10)13(18-14)11-6-7-17-8-11/h1-8,13H. The number of carbonyl (C=O) groups is 1. The number of carbonyl (C=O) groups excluding carboxylic acids is 1. The lowest BCUT2D eigenvalue weighted by Crippen LogP contribution is -2.23. The lowest BCUT2D eigenvalue weighted by atomic mass is 9.93. The van der Waals surface area contributed by atoms with Crippen molar-refractivity contribution in [2.75, 3.05) is 0 Å². The van der Waals surface area contributed by atoms with E-state index in [2.05, 4.69) is 0 Å². The molecule has 0 bridgehead atoms. The molecule has 2 unspecified atom stereocenters. The highest BCUT2D eigenvalue weighted by Gasteiger charge is 2.64. The van der Waals surface area contributed by atoms with Gasteiger partial charge < -0.3 is 9.15 Å². The molecular weight excluding hydrogens is 230 g/mol. The van der Waals surface area contributed by atoms with Crippen LogP contribution in [0, 0.1) is 11.3 Å². The van der Waals surface area contributed by atoms with Crippen molar-refractivity contribution >= 4 is 5.78 Å². The first-order valence-electron chi connectivity index (χ1n) is 5.49. The molecule has 1 saturated heterocycles. The van der Waals surface area contributed by atoms with Crippen LogP contribution in [0.3, 0.4) is 0 Å². The Hall–Kier alpha value is -2.38. The minimum absolute atomic E-state index is 0.309. The topological polar surface area (TPSA) is 66.5 Å². The first kappa shape index (κ1) is 10.8. The van der Waals surface area contributed by atoms with Crippen molar-refractivity contribution in [1.29, 1.82) is 5.26 Å². The van der Waals surface area contributed by atoms with Gasteiger partial charge in [0.25, 0.3) is 0 Å². The lowest BCUT2D eigenvalue weighted by molar-refractivity contribution is 0.0914. The summed E-state index contributed by atoms with van der Waals surface area (Å²) in [4.78, 5) is 12.3. The van der Waals surface area contributed by atoms with E-state index < -0.39 is 11.7 Å². The molecule has 0 saturated carbocycles. The van der Waals surface area contributed by atoms with E-state index >= 15 is 0 Å². The average molecular weight is 239 g/mol. The molecule has 1 fully saturated rings. The van der Waals surface area contributed by atoms with Crippen LogP contribution in [0.15, 0.2) is 53.3 Å². The number of furan rings is 1. The average Bonchev–Trinajstić information content (AvgIpc) is 2.93. The van der Waals surface area contributed by atoms with Crippen molar-refractivity contribution in [3.8, 4) is 6.07 Å². The van der Waals surface area contributed by atoms with Gasteiger partial charge in [-0.25, -0.2) is 0 Å². The van der Waals surface area contributed by atoms with Crippen molar-refractivity contribution < 1.29 is 13.9 Å². The Bertz CT molecular complexity index is 612. The zero-order valence-corrected chi connectivity index (χ0v) is 9.37. The highest BCUT2D eigenvalue weighted by Crippen LogP contribution is 2.51. The second-order valence-electron chi connectivity index (χ2n) is 4.10. The Morgan fingerprint density at radius 2 is 2.06 bits per heavy atom. The van der Waals surface area contributed by atoms with E-state index in [4.69, 9.17) is 9.15 Å². The SMILES string of the molecule is N#CC1(C(=O)c2ccccc2)OC1c1ccoc1. The molecule has 3 rings (SSSR count). The maximum atomic E-state index is 12.3. The molecule has 1 aromatic carbocycles. The van der Waals surface area contributed by atoms with Gasteiger partial charge in [-0.15, -0.1) is 0 Å². The van der Waals surface area contributed by atoms with Crippen molar-refractivity contribution in [3.63, 3.8) is 0 Å². The van der Waals surface area contributed by atoms with Crippen molar-refractivity contribution in [3.05, 3.63) is 60.1 Å². The Morgan fingerprint density at radius 3 is 2.67 bits per heavy atom. The number of ether oxygens (including phenoxy) is 1. The Kier molecular flexibility index (Phi) is 2.29. The maximum absolute atomic E-state index is 12.3. The molecule has 18 heavy (non-hydrogen) atoms. The predicted octanol–water partition coefficient (Wildman–Crippen LogP) is 2.50. The summed E-state index contributed by atoms with van der Waals surface area (Å²) in [5.41, 5.74) is -0.212. The van der Waals surface area contributed by atoms with Gasteiger partial charge >= 0.3 is 0 Å². The van der Waals surface area contributed by atoms with E-state index in [1.54, 1.807) is 30.3 Å². The summed E-state index contributed by atoms with van der Waals surface area (Å²) in [5.74, 6) is -0.309. The molecule has 1 aromatic heterocycles. The van der Waals surface area contributed by atoms with Gasteiger partial charge in [0.1, 0.15) is 12.2 Å². The third-order valence-electron chi connectivity index (χ3n) is 3.00. The number of ketones is 1. The van der Waals surface area contributed by atoms with Crippen molar-refractivity contribution in [1.82, 2.24) is 0 Å². The van der Waals surface area contributed by atoms with Gasteiger partial charge in [0.05, 0.1) is 12.5 Å². The lowest BCUT2D eigenvalue weighted by Gasteiger charge is -2.02. The fourth-order valence-electron chi connectivity index (χ4n) is 1.99. The van der Waals surface area contributed by atoms with Crippen molar-refractivity contribution in [2.24, 2.45) is 0 Å². The van der Waals surface area contributed by atoms with Gasteiger partial charge in [-0.05, 0) is 6.07 Å². The Morgan fingerprint density at radius 1 is 1.28 bits per heavy atom. The fraction of sp³-hybridized carbons (Fsp3) is 0.143. The van der Waals surface area contributed by atoms with E-state index in [1.165, 1.54) is 12.5 Å². The van der Waals surface area contributed by atoms with Crippen LogP contribution in [0.1, 0.15) is 22.0 Å². The number of epoxide rings is 1. The largest absolute Gasteiger partial charge is 0.472 e. The van der Waals surface area contributed by atoms with Crippen LogP contribution in [0.2, 0.25) is 0 Å². The molecule has 0 spiro atoms.